The standard InChI is InChI=1S/C17H13BrO3/c1-21-16-8-11(14(18)9-15(16)19)7-12-6-10-4-2-3-5-13(10)17(12)20/h2-5,7-9,19H,6H2,1H3/b12-7+. The predicted molar refractivity (Wildman–Crippen MR) is 84.8 cm³/mol. The van der Waals surface area contributed by atoms with Gasteiger partial charge in [-0.1, -0.05) is 40.2 Å². The van der Waals surface area contributed by atoms with Crippen LogP contribution in [0.4, 0.5) is 0 Å². The molecule has 1 aliphatic carbocycles. The number of ether oxygens (including phenoxy) is 1. The van der Waals surface area contributed by atoms with Crippen LogP contribution in [0, 0.1) is 0 Å². The summed E-state index contributed by atoms with van der Waals surface area (Å²) < 4.78 is 5.83. The van der Waals surface area contributed by atoms with Gasteiger partial charge in [-0.25, -0.2) is 0 Å². The number of fused-ring (bicyclic) bond motifs is 1. The zero-order chi connectivity index (χ0) is 15.0. The van der Waals surface area contributed by atoms with E-state index in [9.17, 15) is 9.90 Å². The van der Waals surface area contributed by atoms with E-state index in [2.05, 4.69) is 15.9 Å². The van der Waals surface area contributed by atoms with Crippen molar-refractivity contribution < 1.29 is 14.6 Å². The van der Waals surface area contributed by atoms with Gasteiger partial charge in [0.2, 0.25) is 0 Å². The molecule has 3 rings (SSSR count). The lowest BCUT2D eigenvalue weighted by Gasteiger charge is -2.07. The molecule has 3 nitrogen and oxygen atoms in total. The minimum absolute atomic E-state index is 0.0598. The topological polar surface area (TPSA) is 46.5 Å². The fourth-order valence-electron chi connectivity index (χ4n) is 2.49. The molecular weight excluding hydrogens is 332 g/mol. The number of phenolic OH excluding ortho intramolecular Hbond substituents is 1. The zero-order valence-electron chi connectivity index (χ0n) is 11.4. The summed E-state index contributed by atoms with van der Waals surface area (Å²) in [6, 6.07) is 10.9. The Kier molecular flexibility index (Phi) is 3.55. The third-order valence-corrected chi connectivity index (χ3v) is 4.25. The molecule has 0 bridgehead atoms. The van der Waals surface area contributed by atoms with Crippen molar-refractivity contribution in [3.05, 3.63) is 63.1 Å². The first-order valence-corrected chi connectivity index (χ1v) is 7.29. The Labute approximate surface area is 131 Å². The molecule has 2 aromatic carbocycles. The van der Waals surface area contributed by atoms with Crippen LogP contribution < -0.4 is 4.74 Å². The number of carbonyl (C=O) groups is 1. The zero-order valence-corrected chi connectivity index (χ0v) is 13.0. The Morgan fingerprint density at radius 3 is 2.76 bits per heavy atom. The lowest BCUT2D eigenvalue weighted by atomic mass is 10.1. The van der Waals surface area contributed by atoms with Crippen molar-refractivity contribution in [3.8, 4) is 11.5 Å². The molecule has 0 unspecified atom stereocenters. The second kappa shape index (κ2) is 5.37. The number of carbonyl (C=O) groups excluding carboxylic acids is 1. The minimum atomic E-state index is 0.0598. The lowest BCUT2D eigenvalue weighted by molar-refractivity contribution is 0.104. The molecule has 0 fully saturated rings. The average Bonchev–Trinajstić information content (AvgIpc) is 2.79. The maximum absolute atomic E-state index is 12.4. The lowest BCUT2D eigenvalue weighted by Crippen LogP contribution is -1.95. The van der Waals surface area contributed by atoms with Crippen LogP contribution in [0.5, 0.6) is 11.5 Å². The Hall–Kier alpha value is -2.07. The Morgan fingerprint density at radius 1 is 1.29 bits per heavy atom. The van der Waals surface area contributed by atoms with Gasteiger partial charge in [-0.3, -0.25) is 4.79 Å². The van der Waals surface area contributed by atoms with Crippen molar-refractivity contribution >= 4 is 27.8 Å². The smallest absolute Gasteiger partial charge is 0.189 e. The molecule has 106 valence electrons. The van der Waals surface area contributed by atoms with E-state index in [1.165, 1.54) is 7.11 Å². The second-order valence-corrected chi connectivity index (χ2v) is 5.73. The Bertz CT molecular complexity index is 763. The van der Waals surface area contributed by atoms with Crippen molar-refractivity contribution in [1.82, 2.24) is 0 Å². The maximum atomic E-state index is 12.4. The van der Waals surface area contributed by atoms with E-state index in [4.69, 9.17) is 4.74 Å². The van der Waals surface area contributed by atoms with Crippen LogP contribution in [0.25, 0.3) is 6.08 Å². The average molecular weight is 345 g/mol. The quantitative estimate of drug-likeness (QED) is 0.838. The van der Waals surface area contributed by atoms with Crippen LogP contribution in [0.15, 0.2) is 46.4 Å². The summed E-state index contributed by atoms with van der Waals surface area (Å²) in [6.07, 6.45) is 2.47. The van der Waals surface area contributed by atoms with E-state index in [0.717, 1.165) is 26.7 Å². The van der Waals surface area contributed by atoms with E-state index in [0.29, 0.717) is 12.2 Å². The number of benzene rings is 2. The van der Waals surface area contributed by atoms with Crippen molar-refractivity contribution in [2.75, 3.05) is 7.11 Å². The number of hydrogen-bond acceptors (Lipinski definition) is 3. The molecule has 0 atom stereocenters. The largest absolute Gasteiger partial charge is 0.504 e. The maximum Gasteiger partial charge on any atom is 0.189 e. The molecule has 0 aliphatic heterocycles. The summed E-state index contributed by atoms with van der Waals surface area (Å²) in [4.78, 5) is 12.4. The normalized spacial score (nSPS) is 15.3. The van der Waals surface area contributed by atoms with Gasteiger partial charge >= 0.3 is 0 Å². The number of halogens is 1. The highest BCUT2D eigenvalue weighted by molar-refractivity contribution is 9.10. The van der Waals surface area contributed by atoms with Gasteiger partial charge in [0.15, 0.2) is 17.3 Å². The number of Topliss-reactive ketones (excluding diaryl/α,β-unsaturated/α-hetero) is 1. The van der Waals surface area contributed by atoms with Crippen molar-refractivity contribution in [1.29, 1.82) is 0 Å². The van der Waals surface area contributed by atoms with Crippen LogP contribution >= 0.6 is 15.9 Å². The summed E-state index contributed by atoms with van der Waals surface area (Å²) in [6.45, 7) is 0. The summed E-state index contributed by atoms with van der Waals surface area (Å²) in [5, 5.41) is 9.73. The number of aromatic hydroxyl groups is 1. The number of methoxy groups -OCH3 is 1. The molecule has 4 heteroatoms. The summed E-state index contributed by atoms with van der Waals surface area (Å²) in [5.74, 6) is 0.505. The van der Waals surface area contributed by atoms with Crippen molar-refractivity contribution in [3.63, 3.8) is 0 Å². The molecule has 0 radical (unpaired) electrons. The van der Waals surface area contributed by atoms with E-state index >= 15 is 0 Å². The van der Waals surface area contributed by atoms with Gasteiger partial charge in [-0.2, -0.15) is 0 Å². The third-order valence-electron chi connectivity index (χ3n) is 3.56. The van der Waals surface area contributed by atoms with Gasteiger partial charge in [-0.05, 0) is 29.3 Å². The van der Waals surface area contributed by atoms with E-state index in [1.54, 1.807) is 12.1 Å². The predicted octanol–water partition coefficient (Wildman–Crippen LogP) is 3.99. The summed E-state index contributed by atoms with van der Waals surface area (Å²) in [7, 11) is 1.50. The third kappa shape index (κ3) is 2.47. The highest BCUT2D eigenvalue weighted by Crippen LogP contribution is 2.35. The van der Waals surface area contributed by atoms with E-state index in [1.807, 2.05) is 30.3 Å². The number of hydrogen-bond donors (Lipinski definition) is 1. The summed E-state index contributed by atoms with van der Waals surface area (Å²) >= 11 is 3.40. The Balaban J connectivity index is 2.03. The monoisotopic (exact) mass is 344 g/mol. The van der Waals surface area contributed by atoms with Crippen LogP contribution in [0.3, 0.4) is 0 Å². The van der Waals surface area contributed by atoms with Crippen molar-refractivity contribution in [2.24, 2.45) is 0 Å². The van der Waals surface area contributed by atoms with Gasteiger partial charge in [-0.15, -0.1) is 0 Å². The molecule has 2 aromatic rings. The number of phenols is 1. The molecule has 0 amide bonds. The van der Waals surface area contributed by atoms with Gasteiger partial charge in [0.1, 0.15) is 0 Å². The van der Waals surface area contributed by atoms with E-state index < -0.39 is 0 Å². The van der Waals surface area contributed by atoms with E-state index in [-0.39, 0.29) is 11.5 Å². The van der Waals surface area contributed by atoms with Crippen LogP contribution in [-0.4, -0.2) is 18.0 Å². The molecule has 0 heterocycles. The molecule has 1 N–H and O–H groups in total. The highest BCUT2D eigenvalue weighted by atomic mass is 79.9. The number of rotatable bonds is 2. The number of ketones is 1. The molecule has 1 aliphatic rings. The fraction of sp³-hybridized carbons (Fsp3) is 0.118. The van der Waals surface area contributed by atoms with Gasteiger partial charge in [0.05, 0.1) is 7.11 Å². The molecule has 0 aromatic heterocycles. The second-order valence-electron chi connectivity index (χ2n) is 4.88. The van der Waals surface area contributed by atoms with Crippen LogP contribution in [-0.2, 0) is 6.42 Å². The molecular formula is C17H13BrO3. The highest BCUT2D eigenvalue weighted by Gasteiger charge is 2.24. The molecule has 0 saturated heterocycles. The Morgan fingerprint density at radius 2 is 2.05 bits per heavy atom. The van der Waals surface area contributed by atoms with Gasteiger partial charge in [0, 0.05) is 22.0 Å². The molecule has 21 heavy (non-hydrogen) atoms. The van der Waals surface area contributed by atoms with Crippen molar-refractivity contribution in [2.45, 2.75) is 6.42 Å². The first-order chi connectivity index (χ1) is 10.1. The summed E-state index contributed by atoms with van der Waals surface area (Å²) in [5.41, 5.74) is 3.37. The first kappa shape index (κ1) is 13.9. The van der Waals surface area contributed by atoms with Gasteiger partial charge < -0.3 is 9.84 Å². The van der Waals surface area contributed by atoms with Crippen LogP contribution in [0.2, 0.25) is 0 Å². The molecule has 0 saturated carbocycles. The SMILES string of the molecule is COc1cc(/C=C2\Cc3ccccc3C2=O)c(Br)cc1O. The first-order valence-electron chi connectivity index (χ1n) is 6.50. The number of allylic oxidation sites excluding steroid dienone is 1. The van der Waals surface area contributed by atoms with Crippen LogP contribution in [0.1, 0.15) is 21.5 Å². The fourth-order valence-corrected chi connectivity index (χ4v) is 2.94. The van der Waals surface area contributed by atoms with Gasteiger partial charge in [0.25, 0.3) is 0 Å². The minimum Gasteiger partial charge on any atom is -0.504 e. The molecule has 0 spiro atoms.